The zero-order chi connectivity index (χ0) is 16.1. The molecule has 0 atom stereocenters. The van der Waals surface area contributed by atoms with Gasteiger partial charge >= 0.3 is 0 Å². The molecule has 1 aromatic heterocycles. The van der Waals surface area contributed by atoms with Gasteiger partial charge in [0.2, 0.25) is 5.43 Å². The van der Waals surface area contributed by atoms with Crippen LogP contribution in [-0.2, 0) is 11.3 Å². The Bertz CT molecular complexity index is 708. The van der Waals surface area contributed by atoms with E-state index in [1.165, 1.54) is 11.1 Å². The van der Waals surface area contributed by atoms with Crippen LogP contribution in [0.15, 0.2) is 29.1 Å². The van der Waals surface area contributed by atoms with Crippen molar-refractivity contribution in [2.24, 2.45) is 0 Å². The molecule has 0 aliphatic rings. The number of rotatable bonds is 6. The van der Waals surface area contributed by atoms with Gasteiger partial charge in [-0.25, -0.2) is 4.68 Å². The molecule has 0 saturated heterocycles. The first-order valence-electron chi connectivity index (χ1n) is 7.40. The van der Waals surface area contributed by atoms with Gasteiger partial charge in [-0.2, -0.15) is 5.10 Å². The number of aromatic nitrogens is 2. The number of benzene rings is 1. The van der Waals surface area contributed by atoms with Crippen molar-refractivity contribution in [3.05, 3.63) is 57.0 Å². The molecule has 0 aliphatic heterocycles. The van der Waals surface area contributed by atoms with Crippen molar-refractivity contribution in [1.82, 2.24) is 15.1 Å². The molecule has 0 spiro atoms. The molecule has 0 amide bonds. The number of ether oxygens (including phenoxy) is 1. The predicted molar refractivity (Wildman–Crippen MR) is 87.6 cm³/mol. The Morgan fingerprint density at radius 2 is 1.95 bits per heavy atom. The van der Waals surface area contributed by atoms with Crippen molar-refractivity contribution in [3.63, 3.8) is 0 Å². The van der Waals surface area contributed by atoms with Crippen LogP contribution in [-0.4, -0.2) is 30.0 Å². The fraction of sp³-hybridized carbons (Fsp3) is 0.412. The van der Waals surface area contributed by atoms with E-state index in [1.54, 1.807) is 13.2 Å². The SMILES string of the molecule is COCCNCc1nn(-c2ccc(C)c(C)c2)c(C)cc1=O. The van der Waals surface area contributed by atoms with Gasteiger partial charge in [-0.05, 0) is 44.0 Å². The monoisotopic (exact) mass is 301 g/mol. The van der Waals surface area contributed by atoms with E-state index in [1.807, 2.05) is 17.7 Å². The minimum absolute atomic E-state index is 0.0394. The predicted octanol–water partition coefficient (Wildman–Crippen LogP) is 1.89. The van der Waals surface area contributed by atoms with E-state index in [4.69, 9.17) is 4.74 Å². The molecule has 0 radical (unpaired) electrons. The van der Waals surface area contributed by atoms with Crippen molar-refractivity contribution in [1.29, 1.82) is 0 Å². The van der Waals surface area contributed by atoms with Gasteiger partial charge in [0.05, 0.1) is 12.3 Å². The molecule has 0 bridgehead atoms. The van der Waals surface area contributed by atoms with Crippen LogP contribution in [0.25, 0.3) is 5.69 Å². The molecule has 2 aromatic rings. The third-order valence-electron chi connectivity index (χ3n) is 3.69. The first-order chi connectivity index (χ1) is 10.5. The summed E-state index contributed by atoms with van der Waals surface area (Å²) >= 11 is 0. The lowest BCUT2D eigenvalue weighted by atomic mass is 10.1. The van der Waals surface area contributed by atoms with Crippen molar-refractivity contribution < 1.29 is 4.74 Å². The van der Waals surface area contributed by atoms with Crippen LogP contribution >= 0.6 is 0 Å². The minimum atomic E-state index is -0.0394. The zero-order valence-corrected chi connectivity index (χ0v) is 13.6. The number of methoxy groups -OCH3 is 1. The van der Waals surface area contributed by atoms with Gasteiger partial charge in [0, 0.05) is 32.0 Å². The molecular formula is C17H23N3O2. The molecule has 1 aromatic carbocycles. The molecule has 5 heteroatoms. The summed E-state index contributed by atoms with van der Waals surface area (Å²) in [5.41, 5.74) is 4.72. The quantitative estimate of drug-likeness (QED) is 0.828. The van der Waals surface area contributed by atoms with Crippen LogP contribution in [0.2, 0.25) is 0 Å². The minimum Gasteiger partial charge on any atom is -0.383 e. The van der Waals surface area contributed by atoms with Crippen molar-refractivity contribution >= 4 is 0 Å². The van der Waals surface area contributed by atoms with E-state index in [9.17, 15) is 4.79 Å². The van der Waals surface area contributed by atoms with Gasteiger partial charge in [-0.1, -0.05) is 6.07 Å². The first-order valence-corrected chi connectivity index (χ1v) is 7.40. The van der Waals surface area contributed by atoms with Crippen LogP contribution in [0.1, 0.15) is 22.5 Å². The molecule has 1 heterocycles. The van der Waals surface area contributed by atoms with Crippen LogP contribution in [0, 0.1) is 20.8 Å². The summed E-state index contributed by atoms with van der Waals surface area (Å²) in [7, 11) is 1.65. The largest absolute Gasteiger partial charge is 0.383 e. The summed E-state index contributed by atoms with van der Waals surface area (Å²) in [6.45, 7) is 7.78. The third kappa shape index (κ3) is 3.81. The number of hydrogen-bond acceptors (Lipinski definition) is 4. The first kappa shape index (κ1) is 16.4. The van der Waals surface area contributed by atoms with Gasteiger partial charge in [-0.3, -0.25) is 4.79 Å². The fourth-order valence-electron chi connectivity index (χ4n) is 2.21. The Balaban J connectivity index is 2.31. The second-order valence-corrected chi connectivity index (χ2v) is 5.45. The summed E-state index contributed by atoms with van der Waals surface area (Å²) in [6, 6.07) is 7.81. The molecule has 0 saturated carbocycles. The summed E-state index contributed by atoms with van der Waals surface area (Å²) < 4.78 is 6.80. The number of nitrogens with one attached hydrogen (secondary N) is 1. The lowest BCUT2D eigenvalue weighted by molar-refractivity contribution is 0.199. The standard InChI is InChI=1S/C17H23N3O2/c1-12-5-6-15(9-13(12)2)20-14(3)10-17(21)16(19-20)11-18-7-8-22-4/h5-6,9-10,18H,7-8,11H2,1-4H3. The zero-order valence-electron chi connectivity index (χ0n) is 13.6. The molecule has 118 valence electrons. The highest BCUT2D eigenvalue weighted by molar-refractivity contribution is 5.40. The number of nitrogens with zero attached hydrogens (tertiary/aromatic N) is 2. The Morgan fingerprint density at radius 3 is 2.64 bits per heavy atom. The van der Waals surface area contributed by atoms with E-state index < -0.39 is 0 Å². The van der Waals surface area contributed by atoms with E-state index >= 15 is 0 Å². The third-order valence-corrected chi connectivity index (χ3v) is 3.69. The number of hydrogen-bond donors (Lipinski definition) is 1. The molecule has 5 nitrogen and oxygen atoms in total. The van der Waals surface area contributed by atoms with Crippen LogP contribution < -0.4 is 10.7 Å². The van der Waals surface area contributed by atoms with Gasteiger partial charge in [-0.15, -0.1) is 0 Å². The molecule has 0 unspecified atom stereocenters. The maximum Gasteiger partial charge on any atom is 0.204 e. The molecule has 2 rings (SSSR count). The van der Waals surface area contributed by atoms with Crippen LogP contribution in [0.3, 0.4) is 0 Å². The van der Waals surface area contributed by atoms with Gasteiger partial charge in [0.1, 0.15) is 5.69 Å². The molecule has 1 N–H and O–H groups in total. The van der Waals surface area contributed by atoms with Crippen molar-refractivity contribution in [3.8, 4) is 5.69 Å². The Morgan fingerprint density at radius 1 is 1.18 bits per heavy atom. The number of aryl methyl sites for hydroxylation is 3. The molecule has 0 aliphatic carbocycles. The molecule has 22 heavy (non-hydrogen) atoms. The highest BCUT2D eigenvalue weighted by Gasteiger charge is 2.08. The van der Waals surface area contributed by atoms with E-state index in [0.717, 1.165) is 11.4 Å². The van der Waals surface area contributed by atoms with E-state index in [-0.39, 0.29) is 5.43 Å². The Hall–Kier alpha value is -1.98. The lowest BCUT2D eigenvalue weighted by Gasteiger charge is -2.13. The van der Waals surface area contributed by atoms with Gasteiger partial charge in [0.25, 0.3) is 0 Å². The van der Waals surface area contributed by atoms with Crippen LogP contribution in [0.5, 0.6) is 0 Å². The summed E-state index contributed by atoms with van der Waals surface area (Å²) in [4.78, 5) is 12.1. The second-order valence-electron chi connectivity index (χ2n) is 5.45. The Kier molecular flexibility index (Phi) is 5.46. The smallest absolute Gasteiger partial charge is 0.204 e. The normalized spacial score (nSPS) is 10.9. The summed E-state index contributed by atoms with van der Waals surface area (Å²) in [5.74, 6) is 0. The van der Waals surface area contributed by atoms with Gasteiger partial charge in [0.15, 0.2) is 0 Å². The average Bonchev–Trinajstić information content (AvgIpc) is 2.48. The molecule has 0 fully saturated rings. The maximum absolute atomic E-state index is 12.1. The highest BCUT2D eigenvalue weighted by atomic mass is 16.5. The fourth-order valence-corrected chi connectivity index (χ4v) is 2.21. The van der Waals surface area contributed by atoms with Crippen molar-refractivity contribution in [2.75, 3.05) is 20.3 Å². The lowest BCUT2D eigenvalue weighted by Crippen LogP contribution is -2.26. The summed E-state index contributed by atoms with van der Waals surface area (Å²) in [5, 5.41) is 7.67. The Labute approximate surface area is 130 Å². The van der Waals surface area contributed by atoms with E-state index in [0.29, 0.717) is 25.4 Å². The second kappa shape index (κ2) is 7.33. The summed E-state index contributed by atoms with van der Waals surface area (Å²) in [6.07, 6.45) is 0. The maximum atomic E-state index is 12.1. The van der Waals surface area contributed by atoms with Gasteiger partial charge < -0.3 is 10.1 Å². The van der Waals surface area contributed by atoms with Crippen LogP contribution in [0.4, 0.5) is 0 Å². The topological polar surface area (TPSA) is 56.1 Å². The highest BCUT2D eigenvalue weighted by Crippen LogP contribution is 2.14. The van der Waals surface area contributed by atoms with Crippen molar-refractivity contribution in [2.45, 2.75) is 27.3 Å². The molecular weight excluding hydrogens is 278 g/mol. The van der Waals surface area contributed by atoms with E-state index in [2.05, 4.69) is 36.4 Å². The average molecular weight is 301 g/mol.